The first-order chi connectivity index (χ1) is 5.88. The van der Waals surface area contributed by atoms with Crippen LogP contribution in [0.25, 0.3) is 0 Å². The molecule has 1 atom stereocenters. The molecule has 0 aliphatic rings. The molecule has 0 amide bonds. The van der Waals surface area contributed by atoms with Crippen molar-refractivity contribution in [2.24, 2.45) is 11.3 Å². The lowest BCUT2D eigenvalue weighted by Gasteiger charge is -2.25. The van der Waals surface area contributed by atoms with Gasteiger partial charge in [0.2, 0.25) is 0 Å². The fourth-order valence-electron chi connectivity index (χ4n) is 0.634. The van der Waals surface area contributed by atoms with Crippen LogP contribution >= 0.6 is 0 Å². The number of methoxy groups -OCH3 is 1. The van der Waals surface area contributed by atoms with E-state index in [-0.39, 0.29) is 5.41 Å². The molecule has 13 heavy (non-hydrogen) atoms. The van der Waals surface area contributed by atoms with Gasteiger partial charge in [-0.1, -0.05) is 33.6 Å². The van der Waals surface area contributed by atoms with Crippen LogP contribution in [0, 0.1) is 23.2 Å². The summed E-state index contributed by atoms with van der Waals surface area (Å²) >= 11 is 0. The summed E-state index contributed by atoms with van der Waals surface area (Å²) in [6, 6.07) is 0. The second kappa shape index (κ2) is 4.91. The Balaban J connectivity index is 4.00. The Labute approximate surface area is 80.7 Å². The molecule has 0 fully saturated rings. The zero-order valence-corrected chi connectivity index (χ0v) is 9.10. The SMILES string of the molecule is COC(=O)C#CCC(C)C(C)(C)C. The number of carbonyl (C=O) groups is 1. The molecule has 2 heteroatoms. The lowest BCUT2D eigenvalue weighted by atomic mass is 9.80. The lowest BCUT2D eigenvalue weighted by Crippen LogP contribution is -2.16. The van der Waals surface area contributed by atoms with Crippen LogP contribution in [0.4, 0.5) is 0 Å². The maximum absolute atomic E-state index is 10.6. The largest absolute Gasteiger partial charge is 0.459 e. The molecule has 0 heterocycles. The predicted octanol–water partition coefficient (Wildman–Crippen LogP) is 2.24. The molecular weight excluding hydrogens is 164 g/mol. The molecule has 0 bridgehead atoms. The highest BCUT2D eigenvalue weighted by Gasteiger charge is 2.18. The van der Waals surface area contributed by atoms with Gasteiger partial charge in [0.15, 0.2) is 0 Å². The van der Waals surface area contributed by atoms with Crippen molar-refractivity contribution >= 4 is 5.97 Å². The van der Waals surface area contributed by atoms with Crippen molar-refractivity contribution in [2.75, 3.05) is 7.11 Å². The molecule has 2 nitrogen and oxygen atoms in total. The van der Waals surface area contributed by atoms with E-state index in [1.165, 1.54) is 7.11 Å². The summed E-state index contributed by atoms with van der Waals surface area (Å²) in [5, 5.41) is 0. The molecule has 0 aliphatic heterocycles. The molecule has 0 rings (SSSR count). The topological polar surface area (TPSA) is 26.3 Å². The van der Waals surface area contributed by atoms with Crippen LogP contribution in [0.2, 0.25) is 0 Å². The lowest BCUT2D eigenvalue weighted by molar-refractivity contribution is -0.133. The molecule has 0 spiro atoms. The first-order valence-corrected chi connectivity index (χ1v) is 4.44. The highest BCUT2D eigenvalue weighted by molar-refractivity contribution is 5.88. The summed E-state index contributed by atoms with van der Waals surface area (Å²) in [5.41, 5.74) is 0.241. The highest BCUT2D eigenvalue weighted by Crippen LogP contribution is 2.27. The van der Waals surface area contributed by atoms with E-state index in [9.17, 15) is 4.79 Å². The summed E-state index contributed by atoms with van der Waals surface area (Å²) in [5.74, 6) is 5.26. The molecule has 0 saturated carbocycles. The van der Waals surface area contributed by atoms with E-state index < -0.39 is 5.97 Å². The summed E-state index contributed by atoms with van der Waals surface area (Å²) in [7, 11) is 1.34. The predicted molar refractivity (Wildman–Crippen MR) is 53.0 cm³/mol. The molecule has 74 valence electrons. The molecule has 0 N–H and O–H groups in total. The summed E-state index contributed by atoms with van der Waals surface area (Å²) in [4.78, 5) is 10.6. The molecule has 0 aromatic heterocycles. The van der Waals surface area contributed by atoms with Crippen molar-refractivity contribution in [3.63, 3.8) is 0 Å². The molecule has 0 aliphatic carbocycles. The van der Waals surface area contributed by atoms with E-state index in [2.05, 4.69) is 44.3 Å². The molecule has 1 unspecified atom stereocenters. The highest BCUT2D eigenvalue weighted by atomic mass is 16.5. The third-order valence-electron chi connectivity index (χ3n) is 2.26. The Morgan fingerprint density at radius 2 is 2.00 bits per heavy atom. The average molecular weight is 182 g/mol. The second-order valence-electron chi connectivity index (χ2n) is 4.26. The van der Waals surface area contributed by atoms with Gasteiger partial charge in [-0.15, -0.1) is 0 Å². The Hall–Kier alpha value is -0.970. The van der Waals surface area contributed by atoms with Gasteiger partial charge in [0.05, 0.1) is 7.11 Å². The van der Waals surface area contributed by atoms with E-state index in [0.29, 0.717) is 5.92 Å². The average Bonchev–Trinajstić information content (AvgIpc) is 2.02. The van der Waals surface area contributed by atoms with Gasteiger partial charge in [0, 0.05) is 12.3 Å². The number of hydrogen-bond acceptors (Lipinski definition) is 2. The number of rotatable bonds is 1. The van der Waals surface area contributed by atoms with Crippen LogP contribution < -0.4 is 0 Å². The number of esters is 1. The Morgan fingerprint density at radius 1 is 1.46 bits per heavy atom. The number of carbonyl (C=O) groups excluding carboxylic acids is 1. The van der Waals surface area contributed by atoms with Gasteiger partial charge in [-0.3, -0.25) is 0 Å². The maximum atomic E-state index is 10.6. The summed E-state index contributed by atoms with van der Waals surface area (Å²) in [6.45, 7) is 8.62. The van der Waals surface area contributed by atoms with Crippen molar-refractivity contribution in [2.45, 2.75) is 34.1 Å². The van der Waals surface area contributed by atoms with Crippen molar-refractivity contribution < 1.29 is 9.53 Å². The van der Waals surface area contributed by atoms with E-state index in [1.54, 1.807) is 0 Å². The van der Waals surface area contributed by atoms with Gasteiger partial charge in [-0.05, 0) is 11.3 Å². The van der Waals surface area contributed by atoms with E-state index in [4.69, 9.17) is 0 Å². The van der Waals surface area contributed by atoms with Crippen molar-refractivity contribution in [1.29, 1.82) is 0 Å². The molecule has 0 aromatic rings. The first-order valence-electron chi connectivity index (χ1n) is 4.44. The van der Waals surface area contributed by atoms with Crippen LogP contribution in [0.3, 0.4) is 0 Å². The van der Waals surface area contributed by atoms with Crippen LogP contribution in [-0.4, -0.2) is 13.1 Å². The Bertz CT molecular complexity index is 225. The molecule has 0 saturated heterocycles. The van der Waals surface area contributed by atoms with Gasteiger partial charge in [0.25, 0.3) is 0 Å². The minimum Gasteiger partial charge on any atom is -0.459 e. The van der Waals surface area contributed by atoms with Crippen LogP contribution in [0.15, 0.2) is 0 Å². The van der Waals surface area contributed by atoms with Gasteiger partial charge >= 0.3 is 5.97 Å². The van der Waals surface area contributed by atoms with Crippen molar-refractivity contribution in [3.8, 4) is 11.8 Å². The number of ether oxygens (including phenoxy) is 1. The van der Waals surface area contributed by atoms with E-state index in [0.717, 1.165) is 6.42 Å². The monoisotopic (exact) mass is 182 g/mol. The smallest absolute Gasteiger partial charge is 0.384 e. The minimum atomic E-state index is -0.457. The van der Waals surface area contributed by atoms with E-state index >= 15 is 0 Å². The Kier molecular flexibility index (Phi) is 4.55. The quantitative estimate of drug-likeness (QED) is 0.353. The van der Waals surface area contributed by atoms with Gasteiger partial charge in [0.1, 0.15) is 0 Å². The van der Waals surface area contributed by atoms with Crippen LogP contribution in [0.1, 0.15) is 34.1 Å². The minimum absolute atomic E-state index is 0.241. The first kappa shape index (κ1) is 12.0. The van der Waals surface area contributed by atoms with E-state index in [1.807, 2.05) is 0 Å². The molecule has 0 aromatic carbocycles. The third kappa shape index (κ3) is 5.30. The third-order valence-corrected chi connectivity index (χ3v) is 2.26. The molecular formula is C11H18O2. The summed E-state index contributed by atoms with van der Waals surface area (Å²) < 4.78 is 4.41. The van der Waals surface area contributed by atoms with Crippen LogP contribution in [0.5, 0.6) is 0 Å². The maximum Gasteiger partial charge on any atom is 0.384 e. The van der Waals surface area contributed by atoms with Crippen molar-refractivity contribution in [1.82, 2.24) is 0 Å². The molecule has 0 radical (unpaired) electrons. The second-order valence-corrected chi connectivity index (χ2v) is 4.26. The standard InChI is InChI=1S/C11H18O2/c1-9(11(2,3)4)7-6-8-10(12)13-5/h9H,7H2,1-5H3. The zero-order valence-electron chi connectivity index (χ0n) is 9.10. The van der Waals surface area contributed by atoms with Gasteiger partial charge in [-0.25, -0.2) is 4.79 Å². The van der Waals surface area contributed by atoms with Gasteiger partial charge in [-0.2, -0.15) is 0 Å². The summed E-state index contributed by atoms with van der Waals surface area (Å²) in [6.07, 6.45) is 0.735. The Morgan fingerprint density at radius 3 is 2.38 bits per heavy atom. The fourth-order valence-corrected chi connectivity index (χ4v) is 0.634. The number of hydrogen-bond donors (Lipinski definition) is 0. The van der Waals surface area contributed by atoms with Crippen LogP contribution in [-0.2, 0) is 9.53 Å². The normalized spacial score (nSPS) is 12.7. The fraction of sp³-hybridized carbons (Fsp3) is 0.727. The van der Waals surface area contributed by atoms with Gasteiger partial charge < -0.3 is 4.74 Å². The van der Waals surface area contributed by atoms with Crippen molar-refractivity contribution in [3.05, 3.63) is 0 Å². The zero-order chi connectivity index (χ0) is 10.5.